The Bertz CT molecular complexity index is 778. The van der Waals surface area contributed by atoms with Gasteiger partial charge in [0.2, 0.25) is 0 Å². The van der Waals surface area contributed by atoms with Crippen molar-refractivity contribution in [2.24, 2.45) is 5.10 Å². The van der Waals surface area contributed by atoms with Crippen LogP contribution >= 0.6 is 0 Å². The molecule has 0 spiro atoms. The lowest BCUT2D eigenvalue weighted by Crippen LogP contribution is -2.09. The first-order valence-electron chi connectivity index (χ1n) is 7.59. The smallest absolute Gasteiger partial charge is 0.161 e. The normalized spacial score (nSPS) is 10.7. The van der Waals surface area contributed by atoms with Crippen molar-refractivity contribution in [2.75, 3.05) is 12.1 Å². The first-order chi connectivity index (χ1) is 11.8. The monoisotopic (exact) mass is 318 g/mol. The molecule has 0 unspecified atom stereocenters. The van der Waals surface area contributed by atoms with Crippen molar-refractivity contribution in [3.05, 3.63) is 84.4 Å². The van der Waals surface area contributed by atoms with E-state index in [1.807, 2.05) is 65.7 Å². The molecule has 0 aliphatic heterocycles. The maximum absolute atomic E-state index is 9.69. The summed E-state index contributed by atoms with van der Waals surface area (Å²) >= 11 is 0. The minimum atomic E-state index is 0.109. The van der Waals surface area contributed by atoms with Gasteiger partial charge in [-0.1, -0.05) is 36.4 Å². The summed E-state index contributed by atoms with van der Waals surface area (Å²) in [5.41, 5.74) is 2.76. The Labute approximate surface area is 141 Å². The highest BCUT2D eigenvalue weighted by atomic mass is 16.5. The second-order valence-corrected chi connectivity index (χ2v) is 5.16. The number of phenols is 1. The van der Waals surface area contributed by atoms with Gasteiger partial charge in [0, 0.05) is 0 Å². The number of para-hydroxylation sites is 2. The Morgan fingerprint density at radius 2 is 1.46 bits per heavy atom. The Kier molecular flexibility index (Phi) is 4.77. The van der Waals surface area contributed by atoms with Crippen LogP contribution in [-0.2, 0) is 0 Å². The summed E-state index contributed by atoms with van der Waals surface area (Å²) in [4.78, 5) is 0. The zero-order valence-corrected chi connectivity index (χ0v) is 13.3. The number of methoxy groups -OCH3 is 1. The maximum atomic E-state index is 9.69. The molecule has 0 fully saturated rings. The number of nitrogens with zero attached hydrogens (tertiary/aromatic N) is 2. The van der Waals surface area contributed by atoms with E-state index in [0.29, 0.717) is 5.75 Å². The number of ether oxygens (including phenoxy) is 1. The second-order valence-electron chi connectivity index (χ2n) is 5.16. The molecule has 3 rings (SSSR count). The Morgan fingerprint density at radius 1 is 0.875 bits per heavy atom. The number of hydrogen-bond acceptors (Lipinski definition) is 4. The molecule has 0 aliphatic carbocycles. The van der Waals surface area contributed by atoms with E-state index in [-0.39, 0.29) is 5.75 Å². The van der Waals surface area contributed by atoms with E-state index in [9.17, 15) is 5.11 Å². The summed E-state index contributed by atoms with van der Waals surface area (Å²) in [5.74, 6) is 0.530. The summed E-state index contributed by atoms with van der Waals surface area (Å²) in [5, 5.41) is 16.2. The molecule has 3 aromatic carbocycles. The van der Waals surface area contributed by atoms with E-state index in [2.05, 4.69) is 5.10 Å². The van der Waals surface area contributed by atoms with Crippen molar-refractivity contribution in [2.45, 2.75) is 0 Å². The molecule has 24 heavy (non-hydrogen) atoms. The molecular formula is C20H18N2O2. The van der Waals surface area contributed by atoms with Crippen LogP contribution in [0.3, 0.4) is 0 Å². The molecule has 0 atom stereocenters. The molecule has 0 aliphatic rings. The number of rotatable bonds is 5. The van der Waals surface area contributed by atoms with Gasteiger partial charge in [-0.05, 0) is 48.0 Å². The highest BCUT2D eigenvalue weighted by Gasteiger charge is 2.07. The Balaban J connectivity index is 1.95. The van der Waals surface area contributed by atoms with E-state index in [1.54, 1.807) is 24.4 Å². The van der Waals surface area contributed by atoms with Gasteiger partial charge in [0.25, 0.3) is 0 Å². The van der Waals surface area contributed by atoms with Gasteiger partial charge in [-0.25, -0.2) is 5.01 Å². The van der Waals surface area contributed by atoms with Crippen LogP contribution in [0.1, 0.15) is 5.56 Å². The molecule has 120 valence electrons. The number of aromatic hydroxyl groups is 1. The van der Waals surface area contributed by atoms with Crippen LogP contribution in [0.25, 0.3) is 0 Å². The number of benzene rings is 3. The van der Waals surface area contributed by atoms with Gasteiger partial charge < -0.3 is 9.84 Å². The van der Waals surface area contributed by atoms with Gasteiger partial charge in [-0.2, -0.15) is 5.10 Å². The zero-order valence-electron chi connectivity index (χ0n) is 13.3. The van der Waals surface area contributed by atoms with Gasteiger partial charge >= 0.3 is 0 Å². The largest absolute Gasteiger partial charge is 0.504 e. The Hall–Kier alpha value is -3.27. The van der Waals surface area contributed by atoms with E-state index in [0.717, 1.165) is 16.9 Å². The summed E-state index contributed by atoms with van der Waals surface area (Å²) < 4.78 is 5.14. The third-order valence-corrected chi connectivity index (χ3v) is 3.53. The molecule has 3 aromatic rings. The average molecular weight is 318 g/mol. The van der Waals surface area contributed by atoms with E-state index in [4.69, 9.17) is 4.74 Å². The zero-order chi connectivity index (χ0) is 16.8. The quantitative estimate of drug-likeness (QED) is 0.553. The fourth-order valence-corrected chi connectivity index (χ4v) is 2.32. The average Bonchev–Trinajstić information content (AvgIpc) is 2.65. The first-order valence-corrected chi connectivity index (χ1v) is 7.59. The molecular weight excluding hydrogens is 300 g/mol. The van der Waals surface area contributed by atoms with E-state index >= 15 is 0 Å². The van der Waals surface area contributed by atoms with Crippen LogP contribution in [0.15, 0.2) is 84.0 Å². The van der Waals surface area contributed by atoms with Gasteiger partial charge in [0.15, 0.2) is 11.5 Å². The number of hydrogen-bond donors (Lipinski definition) is 1. The van der Waals surface area contributed by atoms with Crippen molar-refractivity contribution in [1.29, 1.82) is 0 Å². The molecule has 0 aromatic heterocycles. The molecule has 0 saturated carbocycles. The van der Waals surface area contributed by atoms with Crippen LogP contribution < -0.4 is 9.75 Å². The lowest BCUT2D eigenvalue weighted by atomic mass is 10.2. The summed E-state index contributed by atoms with van der Waals surface area (Å²) in [7, 11) is 1.52. The molecule has 4 heteroatoms. The molecule has 0 bridgehead atoms. The van der Waals surface area contributed by atoms with Crippen LogP contribution in [-0.4, -0.2) is 18.4 Å². The van der Waals surface area contributed by atoms with E-state index in [1.165, 1.54) is 7.11 Å². The second kappa shape index (κ2) is 7.33. The Morgan fingerprint density at radius 3 is 2.00 bits per heavy atom. The number of hydrazone groups is 1. The first kappa shape index (κ1) is 15.6. The van der Waals surface area contributed by atoms with Gasteiger partial charge in [0.05, 0.1) is 24.7 Å². The van der Waals surface area contributed by atoms with Gasteiger partial charge in [0.1, 0.15) is 0 Å². The van der Waals surface area contributed by atoms with Crippen LogP contribution in [0.4, 0.5) is 11.4 Å². The van der Waals surface area contributed by atoms with Crippen molar-refractivity contribution in [3.63, 3.8) is 0 Å². The molecule has 4 nitrogen and oxygen atoms in total. The lowest BCUT2D eigenvalue weighted by Gasteiger charge is -2.19. The van der Waals surface area contributed by atoms with Crippen LogP contribution in [0.2, 0.25) is 0 Å². The van der Waals surface area contributed by atoms with Gasteiger partial charge in [-0.15, -0.1) is 0 Å². The maximum Gasteiger partial charge on any atom is 0.161 e. The third kappa shape index (κ3) is 3.55. The predicted octanol–water partition coefficient (Wildman–Crippen LogP) is 4.57. The third-order valence-electron chi connectivity index (χ3n) is 3.53. The lowest BCUT2D eigenvalue weighted by molar-refractivity contribution is 0.373. The molecule has 0 heterocycles. The van der Waals surface area contributed by atoms with Gasteiger partial charge in [-0.3, -0.25) is 0 Å². The van der Waals surface area contributed by atoms with Crippen molar-refractivity contribution >= 4 is 17.6 Å². The SMILES string of the molecule is COc1cc(/C=N/N(c2ccccc2)c2ccccc2)ccc1O. The highest BCUT2D eigenvalue weighted by molar-refractivity contribution is 5.82. The predicted molar refractivity (Wildman–Crippen MR) is 97.3 cm³/mol. The molecule has 1 N–H and O–H groups in total. The number of anilines is 2. The minimum absolute atomic E-state index is 0.109. The fraction of sp³-hybridized carbons (Fsp3) is 0.0500. The molecule has 0 saturated heterocycles. The fourth-order valence-electron chi connectivity index (χ4n) is 2.32. The standard InChI is InChI=1S/C20H18N2O2/c1-24-20-14-16(12-13-19(20)23)15-21-22(17-8-4-2-5-9-17)18-10-6-3-7-11-18/h2-15,23H,1H3/b21-15+. The minimum Gasteiger partial charge on any atom is -0.504 e. The van der Waals surface area contributed by atoms with Crippen LogP contribution in [0.5, 0.6) is 11.5 Å². The van der Waals surface area contributed by atoms with Crippen molar-refractivity contribution in [3.8, 4) is 11.5 Å². The molecule has 0 amide bonds. The number of phenolic OH excluding ortho intramolecular Hbond substituents is 1. The van der Waals surface area contributed by atoms with E-state index < -0.39 is 0 Å². The van der Waals surface area contributed by atoms with Crippen LogP contribution in [0, 0.1) is 0 Å². The van der Waals surface area contributed by atoms with Crippen molar-refractivity contribution < 1.29 is 9.84 Å². The van der Waals surface area contributed by atoms with Crippen molar-refractivity contribution in [1.82, 2.24) is 0 Å². The summed E-state index contributed by atoms with van der Waals surface area (Å²) in [6, 6.07) is 25.0. The topological polar surface area (TPSA) is 45.1 Å². The summed E-state index contributed by atoms with van der Waals surface area (Å²) in [6.45, 7) is 0. The molecule has 0 radical (unpaired) electrons. The summed E-state index contributed by atoms with van der Waals surface area (Å²) in [6.07, 6.45) is 1.74. The highest BCUT2D eigenvalue weighted by Crippen LogP contribution is 2.27.